The first-order chi connectivity index (χ1) is 13.2. The van der Waals surface area contributed by atoms with Crippen LogP contribution < -0.4 is 15.2 Å². The van der Waals surface area contributed by atoms with Crippen molar-refractivity contribution >= 4 is 0 Å². The number of benzene rings is 2. The monoisotopic (exact) mass is 368 g/mol. The molecule has 0 aliphatic heterocycles. The number of aromatic nitrogens is 2. The summed E-state index contributed by atoms with van der Waals surface area (Å²) in [6, 6.07) is 17.7. The lowest BCUT2D eigenvalue weighted by molar-refractivity contribution is 0.227. The number of hydrogen-bond donors (Lipinski definition) is 1. The summed E-state index contributed by atoms with van der Waals surface area (Å²) >= 11 is 0. The maximum Gasteiger partial charge on any atom is 0.240 e. The zero-order valence-corrected chi connectivity index (χ0v) is 15.4. The molecule has 0 saturated carbocycles. The Morgan fingerprint density at radius 1 is 1.00 bits per heavy atom. The summed E-state index contributed by atoms with van der Waals surface area (Å²) in [6.45, 7) is 2.68. The standard InChI is InChI=1S/C20H24N4O3/c1-24(14-19-22-20(13-21)27-23-19)11-12-25-17-7-9-18(10-8-17)26-15-16-5-3-2-4-6-16/h2-10H,11-15,21H2,1H3. The summed E-state index contributed by atoms with van der Waals surface area (Å²) in [5.41, 5.74) is 6.60. The van der Waals surface area contributed by atoms with Gasteiger partial charge in [-0.25, -0.2) is 0 Å². The van der Waals surface area contributed by atoms with Crippen molar-refractivity contribution in [2.24, 2.45) is 5.73 Å². The molecule has 142 valence electrons. The van der Waals surface area contributed by atoms with E-state index in [-0.39, 0.29) is 6.54 Å². The predicted molar refractivity (Wildman–Crippen MR) is 101 cm³/mol. The van der Waals surface area contributed by atoms with Crippen LogP contribution in [0.25, 0.3) is 0 Å². The van der Waals surface area contributed by atoms with E-state index >= 15 is 0 Å². The number of nitrogens with two attached hydrogens (primary N) is 1. The molecule has 0 atom stereocenters. The van der Waals surface area contributed by atoms with Crippen LogP contribution in [0.2, 0.25) is 0 Å². The highest BCUT2D eigenvalue weighted by molar-refractivity contribution is 5.31. The lowest BCUT2D eigenvalue weighted by Gasteiger charge is -2.15. The van der Waals surface area contributed by atoms with Crippen molar-refractivity contribution in [1.82, 2.24) is 15.0 Å². The fourth-order valence-electron chi connectivity index (χ4n) is 2.45. The number of rotatable bonds is 10. The van der Waals surface area contributed by atoms with Gasteiger partial charge in [0.05, 0.1) is 13.1 Å². The molecule has 0 amide bonds. The van der Waals surface area contributed by atoms with Gasteiger partial charge in [-0.05, 0) is 36.9 Å². The Balaban J connectivity index is 1.38. The van der Waals surface area contributed by atoms with Crippen LogP contribution in [0.4, 0.5) is 0 Å². The minimum atomic E-state index is 0.255. The summed E-state index contributed by atoms with van der Waals surface area (Å²) in [7, 11) is 1.97. The Morgan fingerprint density at radius 2 is 1.70 bits per heavy atom. The third-order valence-electron chi connectivity index (χ3n) is 3.91. The third kappa shape index (κ3) is 6.09. The second-order valence-electron chi connectivity index (χ2n) is 6.14. The van der Waals surface area contributed by atoms with Gasteiger partial charge in [-0.15, -0.1) is 0 Å². The average molecular weight is 368 g/mol. The Bertz CT molecular complexity index is 806. The van der Waals surface area contributed by atoms with Crippen molar-refractivity contribution in [1.29, 1.82) is 0 Å². The van der Waals surface area contributed by atoms with Crippen LogP contribution in [0.1, 0.15) is 17.3 Å². The minimum absolute atomic E-state index is 0.255. The molecule has 1 heterocycles. The minimum Gasteiger partial charge on any atom is -0.492 e. The maximum atomic E-state index is 5.78. The largest absolute Gasteiger partial charge is 0.492 e. The number of nitrogens with zero attached hydrogens (tertiary/aromatic N) is 3. The normalized spacial score (nSPS) is 10.9. The maximum absolute atomic E-state index is 5.78. The molecule has 3 rings (SSSR count). The van der Waals surface area contributed by atoms with E-state index in [0.29, 0.717) is 31.5 Å². The van der Waals surface area contributed by atoms with Crippen LogP contribution >= 0.6 is 0 Å². The summed E-state index contributed by atoms with van der Waals surface area (Å²) < 4.78 is 16.5. The van der Waals surface area contributed by atoms with E-state index in [1.54, 1.807) is 0 Å². The van der Waals surface area contributed by atoms with Gasteiger partial charge in [0.25, 0.3) is 0 Å². The molecule has 0 bridgehead atoms. The molecule has 0 saturated heterocycles. The van der Waals surface area contributed by atoms with Gasteiger partial charge in [-0.1, -0.05) is 35.5 Å². The number of likely N-dealkylation sites (N-methyl/N-ethyl adjacent to an activating group) is 1. The van der Waals surface area contributed by atoms with Gasteiger partial charge in [0.1, 0.15) is 24.7 Å². The van der Waals surface area contributed by atoms with Gasteiger partial charge in [-0.2, -0.15) is 4.98 Å². The Labute approximate surface area is 158 Å². The van der Waals surface area contributed by atoms with Gasteiger partial charge >= 0.3 is 0 Å². The molecule has 7 heteroatoms. The highest BCUT2D eigenvalue weighted by Gasteiger charge is 2.08. The van der Waals surface area contributed by atoms with E-state index in [9.17, 15) is 0 Å². The lowest BCUT2D eigenvalue weighted by atomic mass is 10.2. The predicted octanol–water partition coefficient (Wildman–Crippen LogP) is 2.62. The highest BCUT2D eigenvalue weighted by atomic mass is 16.5. The molecular weight excluding hydrogens is 344 g/mol. The quantitative estimate of drug-likeness (QED) is 0.588. The zero-order valence-electron chi connectivity index (χ0n) is 15.4. The van der Waals surface area contributed by atoms with Crippen LogP contribution in [-0.4, -0.2) is 35.2 Å². The number of hydrogen-bond acceptors (Lipinski definition) is 7. The molecule has 3 aromatic rings. The topological polar surface area (TPSA) is 86.6 Å². The zero-order chi connectivity index (χ0) is 18.9. The second kappa shape index (κ2) is 9.70. The smallest absolute Gasteiger partial charge is 0.240 e. The lowest BCUT2D eigenvalue weighted by Crippen LogP contribution is -2.24. The SMILES string of the molecule is CN(CCOc1ccc(OCc2ccccc2)cc1)Cc1noc(CN)n1. The molecule has 0 aliphatic carbocycles. The van der Waals surface area contributed by atoms with Crippen molar-refractivity contribution in [3.05, 3.63) is 71.9 Å². The molecule has 0 spiro atoms. The van der Waals surface area contributed by atoms with Gasteiger partial charge in [0.15, 0.2) is 5.82 Å². The Morgan fingerprint density at radius 3 is 2.37 bits per heavy atom. The van der Waals surface area contributed by atoms with Crippen molar-refractivity contribution in [3.8, 4) is 11.5 Å². The summed E-state index contributed by atoms with van der Waals surface area (Å²) in [6.07, 6.45) is 0. The van der Waals surface area contributed by atoms with Crippen molar-refractivity contribution in [2.75, 3.05) is 20.2 Å². The molecular formula is C20H24N4O3. The summed E-state index contributed by atoms with van der Waals surface area (Å²) in [5.74, 6) is 2.69. The van der Waals surface area contributed by atoms with Gasteiger partial charge in [0, 0.05) is 6.54 Å². The van der Waals surface area contributed by atoms with Gasteiger partial charge in [-0.3, -0.25) is 4.90 Å². The molecule has 0 fully saturated rings. The average Bonchev–Trinajstić information content (AvgIpc) is 3.15. The Kier molecular flexibility index (Phi) is 6.78. The van der Waals surface area contributed by atoms with E-state index in [1.807, 2.05) is 61.6 Å². The highest BCUT2D eigenvalue weighted by Crippen LogP contribution is 2.18. The van der Waals surface area contributed by atoms with Crippen LogP contribution in [0, 0.1) is 0 Å². The molecule has 27 heavy (non-hydrogen) atoms. The van der Waals surface area contributed by atoms with E-state index < -0.39 is 0 Å². The molecule has 0 radical (unpaired) electrons. The first kappa shape index (κ1) is 18.9. The van der Waals surface area contributed by atoms with Crippen molar-refractivity contribution in [2.45, 2.75) is 19.7 Å². The fourth-order valence-corrected chi connectivity index (χ4v) is 2.45. The van der Waals surface area contributed by atoms with E-state index in [0.717, 1.165) is 23.6 Å². The van der Waals surface area contributed by atoms with Crippen LogP contribution in [-0.2, 0) is 19.7 Å². The number of ether oxygens (including phenoxy) is 2. The van der Waals surface area contributed by atoms with E-state index in [2.05, 4.69) is 15.0 Å². The molecule has 0 aliphatic rings. The first-order valence-electron chi connectivity index (χ1n) is 8.82. The summed E-state index contributed by atoms with van der Waals surface area (Å²) in [5, 5.41) is 3.88. The summed E-state index contributed by atoms with van der Waals surface area (Å²) in [4.78, 5) is 6.24. The van der Waals surface area contributed by atoms with E-state index in [1.165, 1.54) is 0 Å². The van der Waals surface area contributed by atoms with E-state index in [4.69, 9.17) is 19.7 Å². The molecule has 2 N–H and O–H groups in total. The molecule has 2 aromatic carbocycles. The molecule has 1 aromatic heterocycles. The van der Waals surface area contributed by atoms with Gasteiger partial charge in [0.2, 0.25) is 5.89 Å². The fraction of sp³-hybridized carbons (Fsp3) is 0.300. The first-order valence-corrected chi connectivity index (χ1v) is 8.82. The Hall–Kier alpha value is -2.90. The molecule has 0 unspecified atom stereocenters. The molecule has 7 nitrogen and oxygen atoms in total. The second-order valence-corrected chi connectivity index (χ2v) is 6.14. The van der Waals surface area contributed by atoms with Crippen LogP contribution in [0.3, 0.4) is 0 Å². The van der Waals surface area contributed by atoms with Crippen LogP contribution in [0.15, 0.2) is 59.1 Å². The third-order valence-corrected chi connectivity index (χ3v) is 3.91. The van der Waals surface area contributed by atoms with Crippen molar-refractivity contribution in [3.63, 3.8) is 0 Å². The van der Waals surface area contributed by atoms with Crippen LogP contribution in [0.5, 0.6) is 11.5 Å². The van der Waals surface area contributed by atoms with Gasteiger partial charge < -0.3 is 19.7 Å². The van der Waals surface area contributed by atoms with Crippen molar-refractivity contribution < 1.29 is 14.0 Å².